The molecule has 0 radical (unpaired) electrons. The Kier molecular flexibility index (Phi) is 8.50. The molecule has 4 rings (SSSR count). The molecule has 184 valence electrons. The Hall–Kier alpha value is -4.64. The molecule has 0 atom stereocenters. The van der Waals surface area contributed by atoms with Crippen molar-refractivity contribution in [2.45, 2.75) is 25.7 Å². The largest absolute Gasteiger partial charge is 0.410 e. The molecule has 0 saturated heterocycles. The lowest BCUT2D eigenvalue weighted by Crippen LogP contribution is -2.12. The van der Waals surface area contributed by atoms with Crippen molar-refractivity contribution in [3.05, 3.63) is 143 Å². The van der Waals surface area contributed by atoms with Crippen molar-refractivity contribution in [2.75, 3.05) is 0 Å². The summed E-state index contributed by atoms with van der Waals surface area (Å²) in [5.74, 6) is -0.387. The predicted octanol–water partition coefficient (Wildman–Crippen LogP) is 6.77. The summed E-state index contributed by atoms with van der Waals surface area (Å²) < 4.78 is 0. The minimum atomic E-state index is -0.184. The smallest absolute Gasteiger partial charge is 0.193 e. The SMILES string of the molecule is O=C(CCCCC(=O)c1ccccc1C(=NO)c1ccccc1)c1ccccc1C(=O)c1ccccc1. The molecule has 0 bridgehead atoms. The van der Waals surface area contributed by atoms with E-state index in [1.54, 1.807) is 72.8 Å². The molecular formula is C32H27NO4. The van der Waals surface area contributed by atoms with E-state index in [0.29, 0.717) is 51.9 Å². The van der Waals surface area contributed by atoms with Crippen LogP contribution in [0.2, 0.25) is 0 Å². The Morgan fingerprint density at radius 1 is 0.514 bits per heavy atom. The van der Waals surface area contributed by atoms with Crippen LogP contribution < -0.4 is 0 Å². The van der Waals surface area contributed by atoms with E-state index in [0.717, 1.165) is 0 Å². The maximum absolute atomic E-state index is 13.1. The van der Waals surface area contributed by atoms with Gasteiger partial charge in [-0.05, 0) is 12.8 Å². The number of nitrogens with zero attached hydrogens (tertiary/aromatic N) is 1. The van der Waals surface area contributed by atoms with E-state index in [1.807, 2.05) is 36.4 Å². The standard InChI is InChI=1S/C32H27NO4/c34-29(25-17-7-9-19-27(25)31(33-37)23-13-3-1-4-14-23)21-11-12-22-30(35)26-18-8-10-20-28(26)32(36)24-15-5-2-6-16-24/h1-10,13-20,37H,11-12,21-22H2. The molecule has 0 amide bonds. The van der Waals surface area contributed by atoms with Crippen LogP contribution in [-0.2, 0) is 0 Å². The first-order chi connectivity index (χ1) is 18.1. The van der Waals surface area contributed by atoms with Crippen molar-refractivity contribution in [3.8, 4) is 0 Å². The third-order valence-electron chi connectivity index (χ3n) is 6.20. The highest BCUT2D eigenvalue weighted by molar-refractivity contribution is 6.18. The summed E-state index contributed by atoms with van der Waals surface area (Å²) in [7, 11) is 0. The third-order valence-corrected chi connectivity index (χ3v) is 6.20. The molecular weight excluding hydrogens is 462 g/mol. The van der Waals surface area contributed by atoms with Crippen LogP contribution in [-0.4, -0.2) is 28.3 Å². The molecule has 0 aliphatic heterocycles. The van der Waals surface area contributed by atoms with Gasteiger partial charge in [-0.3, -0.25) is 14.4 Å². The van der Waals surface area contributed by atoms with Crippen LogP contribution in [0.25, 0.3) is 0 Å². The maximum atomic E-state index is 13.1. The van der Waals surface area contributed by atoms with E-state index >= 15 is 0 Å². The van der Waals surface area contributed by atoms with Gasteiger partial charge in [0.1, 0.15) is 5.71 Å². The summed E-state index contributed by atoms with van der Waals surface area (Å²) >= 11 is 0. The Labute approximate surface area is 216 Å². The summed E-state index contributed by atoms with van der Waals surface area (Å²) in [5, 5.41) is 13.1. The summed E-state index contributed by atoms with van der Waals surface area (Å²) in [4.78, 5) is 39.0. The van der Waals surface area contributed by atoms with E-state index < -0.39 is 0 Å². The Bertz CT molecular complexity index is 1430. The first-order valence-electron chi connectivity index (χ1n) is 12.2. The number of hydrogen-bond donors (Lipinski definition) is 1. The quantitative estimate of drug-likeness (QED) is 0.0828. The molecule has 0 aliphatic rings. The van der Waals surface area contributed by atoms with Gasteiger partial charge in [0.25, 0.3) is 0 Å². The zero-order valence-corrected chi connectivity index (χ0v) is 20.3. The number of hydrogen-bond acceptors (Lipinski definition) is 5. The first-order valence-corrected chi connectivity index (χ1v) is 12.2. The van der Waals surface area contributed by atoms with Crippen molar-refractivity contribution < 1.29 is 19.6 Å². The Morgan fingerprint density at radius 3 is 1.43 bits per heavy atom. The van der Waals surface area contributed by atoms with Gasteiger partial charge < -0.3 is 5.21 Å². The fourth-order valence-electron chi connectivity index (χ4n) is 4.31. The molecule has 0 heterocycles. The van der Waals surface area contributed by atoms with Gasteiger partial charge >= 0.3 is 0 Å². The fraction of sp³-hybridized carbons (Fsp3) is 0.125. The molecule has 0 fully saturated rings. The van der Waals surface area contributed by atoms with Gasteiger partial charge in [0.05, 0.1) is 0 Å². The molecule has 5 heteroatoms. The summed E-state index contributed by atoms with van der Waals surface area (Å²) in [6.45, 7) is 0. The van der Waals surface area contributed by atoms with Gasteiger partial charge in [-0.2, -0.15) is 0 Å². The second-order valence-electron chi connectivity index (χ2n) is 8.65. The van der Waals surface area contributed by atoms with Crippen LogP contribution in [0.5, 0.6) is 0 Å². The van der Waals surface area contributed by atoms with Gasteiger partial charge in [-0.15, -0.1) is 0 Å². The summed E-state index contributed by atoms with van der Waals surface area (Å²) in [6, 6.07) is 32.0. The molecule has 0 unspecified atom stereocenters. The lowest BCUT2D eigenvalue weighted by molar-refractivity contribution is 0.0950. The van der Waals surface area contributed by atoms with Crippen molar-refractivity contribution in [2.24, 2.45) is 5.16 Å². The number of Topliss-reactive ketones (excluding diaryl/α,β-unsaturated/α-hetero) is 2. The number of carbonyl (C=O) groups is 3. The minimum absolute atomic E-state index is 0.0835. The maximum Gasteiger partial charge on any atom is 0.193 e. The summed E-state index contributed by atoms with van der Waals surface area (Å²) in [6.07, 6.45) is 1.52. The molecule has 4 aromatic rings. The predicted molar refractivity (Wildman–Crippen MR) is 144 cm³/mol. The van der Waals surface area contributed by atoms with Gasteiger partial charge in [-0.25, -0.2) is 0 Å². The van der Waals surface area contributed by atoms with Crippen molar-refractivity contribution in [3.63, 3.8) is 0 Å². The van der Waals surface area contributed by atoms with Crippen molar-refractivity contribution in [1.82, 2.24) is 0 Å². The van der Waals surface area contributed by atoms with Crippen LogP contribution in [0.4, 0.5) is 0 Å². The molecule has 0 spiro atoms. The zero-order chi connectivity index (χ0) is 26.0. The van der Waals surface area contributed by atoms with Crippen LogP contribution in [0.3, 0.4) is 0 Å². The average Bonchev–Trinajstić information content (AvgIpc) is 2.96. The molecule has 4 aromatic carbocycles. The van der Waals surface area contributed by atoms with Gasteiger partial charge in [0.2, 0.25) is 0 Å². The monoisotopic (exact) mass is 489 g/mol. The molecule has 0 saturated carbocycles. The van der Waals surface area contributed by atoms with E-state index in [-0.39, 0.29) is 30.2 Å². The number of rotatable bonds is 11. The number of unbranched alkanes of at least 4 members (excludes halogenated alkanes) is 1. The highest BCUT2D eigenvalue weighted by Gasteiger charge is 2.19. The number of ketones is 3. The third kappa shape index (κ3) is 6.14. The van der Waals surface area contributed by atoms with E-state index in [2.05, 4.69) is 5.16 Å². The highest BCUT2D eigenvalue weighted by Crippen LogP contribution is 2.20. The fourth-order valence-corrected chi connectivity index (χ4v) is 4.31. The van der Waals surface area contributed by atoms with Gasteiger partial charge in [0.15, 0.2) is 17.3 Å². The number of oxime groups is 1. The van der Waals surface area contributed by atoms with Crippen molar-refractivity contribution in [1.29, 1.82) is 0 Å². The second-order valence-corrected chi connectivity index (χ2v) is 8.65. The van der Waals surface area contributed by atoms with Crippen LogP contribution in [0.1, 0.15) is 73.4 Å². The van der Waals surface area contributed by atoms with Gasteiger partial charge in [0, 0.05) is 46.2 Å². The molecule has 1 N–H and O–H groups in total. The van der Waals surface area contributed by atoms with Crippen molar-refractivity contribution >= 4 is 23.1 Å². The van der Waals surface area contributed by atoms with Gasteiger partial charge in [-0.1, -0.05) is 114 Å². The Morgan fingerprint density at radius 2 is 0.919 bits per heavy atom. The summed E-state index contributed by atoms with van der Waals surface area (Å²) in [5.41, 5.74) is 3.40. The molecule has 0 aliphatic carbocycles. The lowest BCUT2D eigenvalue weighted by Gasteiger charge is -2.11. The minimum Gasteiger partial charge on any atom is -0.410 e. The number of carbonyl (C=O) groups excluding carboxylic acids is 3. The normalized spacial score (nSPS) is 11.2. The van der Waals surface area contributed by atoms with Crippen LogP contribution >= 0.6 is 0 Å². The topological polar surface area (TPSA) is 83.8 Å². The first kappa shape index (κ1) is 25.5. The van der Waals surface area contributed by atoms with Crippen LogP contribution in [0, 0.1) is 0 Å². The van der Waals surface area contributed by atoms with Crippen LogP contribution in [0.15, 0.2) is 114 Å². The van der Waals surface area contributed by atoms with E-state index in [1.165, 1.54) is 0 Å². The van der Waals surface area contributed by atoms with E-state index in [4.69, 9.17) is 0 Å². The molecule has 0 aromatic heterocycles. The lowest BCUT2D eigenvalue weighted by atomic mass is 9.92. The number of benzene rings is 4. The highest BCUT2D eigenvalue weighted by atomic mass is 16.4. The van der Waals surface area contributed by atoms with E-state index in [9.17, 15) is 19.6 Å². The molecule has 5 nitrogen and oxygen atoms in total. The Balaban J connectivity index is 1.39. The molecule has 37 heavy (non-hydrogen) atoms. The average molecular weight is 490 g/mol. The zero-order valence-electron chi connectivity index (χ0n) is 20.3. The second kappa shape index (κ2) is 12.4.